The maximum absolute atomic E-state index is 11.3. The first-order valence-corrected chi connectivity index (χ1v) is 7.16. The van der Waals surface area contributed by atoms with Gasteiger partial charge in [-0.1, -0.05) is 13.2 Å². The van der Waals surface area contributed by atoms with Crippen LogP contribution in [0.25, 0.3) is 0 Å². The number of carbonyl (C=O) groups excluding carboxylic acids is 3. The Hall–Kier alpha value is -2.33. The highest BCUT2D eigenvalue weighted by atomic mass is 32.2. The fraction of sp³-hybridized carbons (Fsp3) is 0.333. The Morgan fingerprint density at radius 2 is 1.45 bits per heavy atom. The molecule has 0 unspecified atom stereocenters. The maximum atomic E-state index is 11.3. The Morgan fingerprint density at radius 3 is 1.86 bits per heavy atom. The molecule has 0 aliphatic heterocycles. The monoisotopic (exact) mass is 333 g/mol. The van der Waals surface area contributed by atoms with Crippen LogP contribution >= 0.6 is 0 Å². The third-order valence-corrected chi connectivity index (χ3v) is 2.31. The second kappa shape index (κ2) is 8.20. The summed E-state index contributed by atoms with van der Waals surface area (Å²) in [6.07, 6.45) is -1.02. The van der Waals surface area contributed by atoms with Crippen LogP contribution in [0, 0.1) is 0 Å². The number of ether oxygens (including phenoxy) is 2. The molecule has 0 fully saturated rings. The predicted octanol–water partition coefficient (Wildman–Crippen LogP) is 0.733. The van der Waals surface area contributed by atoms with Gasteiger partial charge in [0.25, 0.3) is 0 Å². The zero-order valence-electron chi connectivity index (χ0n) is 12.0. The van der Waals surface area contributed by atoms with Crippen molar-refractivity contribution in [3.05, 3.63) is 24.3 Å². The largest absolute Gasteiger partial charge is 0.407 e. The van der Waals surface area contributed by atoms with Crippen molar-refractivity contribution < 1.29 is 36.8 Å². The van der Waals surface area contributed by atoms with Crippen LogP contribution in [-0.4, -0.2) is 36.8 Å². The van der Waals surface area contributed by atoms with E-state index >= 15 is 0 Å². The normalized spacial score (nSPS) is 11.5. The molecular formula is C12H15NO8S. The van der Waals surface area contributed by atoms with Gasteiger partial charge >= 0.3 is 28.2 Å². The lowest BCUT2D eigenvalue weighted by atomic mass is 10.3. The summed E-state index contributed by atoms with van der Waals surface area (Å²) >= 11 is 0. The lowest BCUT2D eigenvalue weighted by molar-refractivity contribution is -0.156. The van der Waals surface area contributed by atoms with Gasteiger partial charge in [-0.15, -0.1) is 4.40 Å². The van der Waals surface area contributed by atoms with Crippen LogP contribution in [-0.2, 0) is 34.2 Å². The molecular weight excluding hydrogens is 318 g/mol. The topological polar surface area (TPSA) is 136 Å². The van der Waals surface area contributed by atoms with Crippen molar-refractivity contribution >= 4 is 34.1 Å². The zero-order valence-corrected chi connectivity index (χ0v) is 12.8. The van der Waals surface area contributed by atoms with E-state index in [9.17, 15) is 22.8 Å². The third kappa shape index (κ3) is 8.76. The van der Waals surface area contributed by atoms with Crippen molar-refractivity contribution in [1.82, 2.24) is 0 Å². The highest BCUT2D eigenvalue weighted by Gasteiger charge is 2.17. The Kier molecular flexibility index (Phi) is 7.33. The van der Waals surface area contributed by atoms with Crippen molar-refractivity contribution in [3.8, 4) is 0 Å². The van der Waals surface area contributed by atoms with Crippen molar-refractivity contribution in [2.24, 2.45) is 4.40 Å². The first-order valence-electron chi connectivity index (χ1n) is 5.77. The highest BCUT2D eigenvalue weighted by molar-refractivity contribution is 7.84. The third-order valence-electron chi connectivity index (χ3n) is 1.87. The van der Waals surface area contributed by atoms with E-state index in [-0.39, 0.29) is 11.1 Å². The van der Waals surface area contributed by atoms with Gasteiger partial charge in [0.1, 0.15) is 0 Å². The smallest absolute Gasteiger partial charge is 0.381 e. The summed E-state index contributed by atoms with van der Waals surface area (Å²) in [4.78, 5) is 33.7. The minimum atomic E-state index is -4.83. The molecule has 1 N–H and O–H groups in total. The summed E-state index contributed by atoms with van der Waals surface area (Å²) in [5.74, 6) is -3.69. The Bertz CT molecular complexity index is 644. The molecule has 0 radical (unpaired) electrons. The van der Waals surface area contributed by atoms with Gasteiger partial charge in [-0.05, 0) is 13.8 Å². The van der Waals surface area contributed by atoms with Crippen molar-refractivity contribution in [3.63, 3.8) is 0 Å². The van der Waals surface area contributed by atoms with Crippen molar-refractivity contribution in [1.29, 1.82) is 0 Å². The van der Waals surface area contributed by atoms with Crippen LogP contribution in [0.5, 0.6) is 0 Å². The lowest BCUT2D eigenvalue weighted by Crippen LogP contribution is -2.18. The summed E-state index contributed by atoms with van der Waals surface area (Å²) < 4.78 is 41.6. The average Bonchev–Trinajstić information content (AvgIpc) is 2.33. The van der Waals surface area contributed by atoms with Gasteiger partial charge in [-0.3, -0.25) is 9.35 Å². The van der Waals surface area contributed by atoms with E-state index in [0.29, 0.717) is 0 Å². The molecule has 9 nitrogen and oxygen atoms in total. The van der Waals surface area contributed by atoms with Crippen LogP contribution in [0.4, 0.5) is 0 Å². The standard InChI is InChI=1S/C12H15NO8S/c1-7(2)11(15)20-9(13-22(17,18)19)5-6-10(14)21-12(16)8(3)4/h1,3,5-6H2,2,4H3,(H,17,18,19). The molecule has 0 aliphatic carbocycles. The van der Waals surface area contributed by atoms with E-state index in [1.54, 1.807) is 0 Å². The number of esters is 3. The van der Waals surface area contributed by atoms with E-state index in [4.69, 9.17) is 4.55 Å². The van der Waals surface area contributed by atoms with Gasteiger partial charge in [-0.25, -0.2) is 9.59 Å². The number of nitrogens with zero attached hydrogens (tertiary/aromatic N) is 1. The van der Waals surface area contributed by atoms with E-state index in [2.05, 4.69) is 27.0 Å². The second-order valence-corrected chi connectivity index (χ2v) is 5.22. The van der Waals surface area contributed by atoms with Gasteiger partial charge in [0, 0.05) is 17.6 Å². The first-order chi connectivity index (χ1) is 9.92. The van der Waals surface area contributed by atoms with E-state index in [1.165, 1.54) is 13.8 Å². The fourth-order valence-electron chi connectivity index (χ4n) is 0.889. The summed E-state index contributed by atoms with van der Waals surface area (Å²) in [6, 6.07) is 0. The number of hydrogen-bond donors (Lipinski definition) is 1. The number of hydrogen-bond acceptors (Lipinski definition) is 7. The lowest BCUT2D eigenvalue weighted by Gasteiger charge is -2.06. The van der Waals surface area contributed by atoms with E-state index in [0.717, 1.165) is 0 Å². The summed E-state index contributed by atoms with van der Waals surface area (Å²) in [7, 11) is -4.83. The molecule has 0 saturated heterocycles. The molecule has 0 aliphatic rings. The minimum absolute atomic E-state index is 0.00566. The molecule has 0 heterocycles. The number of carbonyl (C=O) groups is 3. The Labute approximate surface area is 127 Å². The Balaban J connectivity index is 4.88. The molecule has 0 amide bonds. The van der Waals surface area contributed by atoms with Crippen molar-refractivity contribution in [2.75, 3.05) is 0 Å². The number of rotatable bonds is 6. The molecule has 0 aromatic heterocycles. The molecule has 0 spiro atoms. The molecule has 0 saturated carbocycles. The van der Waals surface area contributed by atoms with Crippen LogP contribution < -0.4 is 0 Å². The molecule has 10 heteroatoms. The Morgan fingerprint density at radius 1 is 1.00 bits per heavy atom. The molecule has 22 heavy (non-hydrogen) atoms. The van der Waals surface area contributed by atoms with Gasteiger partial charge < -0.3 is 9.47 Å². The zero-order chi connectivity index (χ0) is 17.5. The quantitative estimate of drug-likeness (QED) is 0.188. The minimum Gasteiger partial charge on any atom is -0.407 e. The van der Waals surface area contributed by atoms with Crippen LogP contribution in [0.1, 0.15) is 26.7 Å². The van der Waals surface area contributed by atoms with Gasteiger partial charge in [0.05, 0.1) is 6.42 Å². The van der Waals surface area contributed by atoms with Gasteiger partial charge in [0.2, 0.25) is 5.90 Å². The summed E-state index contributed by atoms with van der Waals surface area (Å²) in [6.45, 7) is 9.17. The molecule has 0 aromatic rings. The van der Waals surface area contributed by atoms with Gasteiger partial charge in [0.15, 0.2) is 0 Å². The van der Waals surface area contributed by atoms with Crippen LogP contribution in [0.15, 0.2) is 28.7 Å². The first kappa shape index (κ1) is 19.7. The molecule has 0 atom stereocenters. The summed E-state index contributed by atoms with van der Waals surface area (Å²) in [5, 5.41) is 0. The van der Waals surface area contributed by atoms with E-state index in [1.807, 2.05) is 0 Å². The molecule has 122 valence electrons. The highest BCUT2D eigenvalue weighted by Crippen LogP contribution is 2.05. The maximum Gasteiger partial charge on any atom is 0.381 e. The SMILES string of the molecule is C=C(C)C(=O)OC(=O)CCC(=NS(=O)(=O)O)OC(=O)C(=C)C. The molecule has 0 aromatic carbocycles. The van der Waals surface area contributed by atoms with Crippen LogP contribution in [0.2, 0.25) is 0 Å². The van der Waals surface area contributed by atoms with Gasteiger partial charge in [-0.2, -0.15) is 8.42 Å². The average molecular weight is 333 g/mol. The molecule has 0 rings (SSSR count). The van der Waals surface area contributed by atoms with Crippen LogP contribution in [0.3, 0.4) is 0 Å². The van der Waals surface area contributed by atoms with E-state index < -0.39 is 47.0 Å². The fourth-order valence-corrected chi connectivity index (χ4v) is 1.27. The van der Waals surface area contributed by atoms with Crippen molar-refractivity contribution in [2.45, 2.75) is 26.7 Å². The molecule has 0 bridgehead atoms. The summed E-state index contributed by atoms with van der Waals surface area (Å²) in [5.41, 5.74) is -0.0584. The predicted molar refractivity (Wildman–Crippen MR) is 75.0 cm³/mol. The second-order valence-electron chi connectivity index (χ2n) is 4.14.